The van der Waals surface area contributed by atoms with E-state index in [2.05, 4.69) is 4.98 Å². The van der Waals surface area contributed by atoms with E-state index in [0.717, 1.165) is 23.2 Å². The van der Waals surface area contributed by atoms with Crippen LogP contribution in [-0.4, -0.2) is 43.9 Å². The van der Waals surface area contributed by atoms with Crippen molar-refractivity contribution in [1.29, 1.82) is 0 Å². The molecule has 1 N–H and O–H groups in total. The summed E-state index contributed by atoms with van der Waals surface area (Å²) >= 11 is 0. The number of rotatable bonds is 4. The number of hydrogen-bond donors (Lipinski definition) is 1. The van der Waals surface area contributed by atoms with Gasteiger partial charge in [-0.15, -0.1) is 0 Å². The molecule has 1 atom stereocenters. The second-order valence-electron chi connectivity index (χ2n) is 8.79. The van der Waals surface area contributed by atoms with Gasteiger partial charge in [-0.25, -0.2) is 14.4 Å². The first-order chi connectivity index (χ1) is 14.6. The molecule has 3 heterocycles. The third-order valence-corrected chi connectivity index (χ3v) is 5.94. The van der Waals surface area contributed by atoms with Gasteiger partial charge in [0.15, 0.2) is 5.82 Å². The molecular weight excluding hydrogens is 399 g/mol. The maximum Gasteiger partial charge on any atom is 0.254 e. The zero-order valence-corrected chi connectivity index (χ0v) is 18.1. The van der Waals surface area contributed by atoms with Crippen molar-refractivity contribution in [1.82, 2.24) is 14.9 Å². The molecule has 0 unspecified atom stereocenters. The molecule has 4 rings (SSSR count). The second-order valence-corrected chi connectivity index (χ2v) is 8.79. The van der Waals surface area contributed by atoms with Gasteiger partial charge in [0.25, 0.3) is 5.91 Å². The number of aliphatic hydroxyl groups is 1. The molecule has 2 aliphatic rings. The van der Waals surface area contributed by atoms with E-state index in [0.29, 0.717) is 44.0 Å². The maximum atomic E-state index is 13.3. The standard InChI is InChI=1S/C23H27FN4O3/c1-14-17-10-11-19(29)28(13-15-6-8-16(24)9-7-15)21(17)26-20(25-14)18-5-4-12-27(18)22(30)23(2,3)31/h6-9,18,31H,4-5,10-13H2,1-3H3/t18-/m0/s1. The third-order valence-electron chi connectivity index (χ3n) is 5.94. The minimum absolute atomic E-state index is 0.0447. The van der Waals surface area contributed by atoms with Crippen LogP contribution in [0.1, 0.15) is 61.8 Å². The molecule has 0 spiro atoms. The summed E-state index contributed by atoms with van der Waals surface area (Å²) in [6.07, 6.45) is 2.43. The predicted molar refractivity (Wildman–Crippen MR) is 113 cm³/mol. The van der Waals surface area contributed by atoms with Crippen molar-refractivity contribution in [3.8, 4) is 0 Å². The lowest BCUT2D eigenvalue weighted by Gasteiger charge is -2.32. The topological polar surface area (TPSA) is 86.6 Å². The number of fused-ring (bicyclic) bond motifs is 1. The van der Waals surface area contributed by atoms with Gasteiger partial charge in [-0.3, -0.25) is 14.5 Å². The summed E-state index contributed by atoms with van der Waals surface area (Å²) in [6.45, 7) is 5.68. The van der Waals surface area contributed by atoms with E-state index < -0.39 is 5.60 Å². The van der Waals surface area contributed by atoms with Gasteiger partial charge in [0.05, 0.1) is 12.6 Å². The van der Waals surface area contributed by atoms with Crippen molar-refractivity contribution < 1.29 is 19.1 Å². The Morgan fingerprint density at radius 3 is 2.61 bits per heavy atom. The van der Waals surface area contributed by atoms with Crippen LogP contribution < -0.4 is 4.90 Å². The SMILES string of the molecule is Cc1nc([C@@H]2CCCN2C(=O)C(C)(C)O)nc2c1CCC(=O)N2Cc1ccc(F)cc1. The number of carbonyl (C=O) groups excluding carboxylic acids is 2. The van der Waals surface area contributed by atoms with E-state index in [-0.39, 0.29) is 23.7 Å². The normalized spacial score (nSPS) is 19.0. The molecule has 1 fully saturated rings. The summed E-state index contributed by atoms with van der Waals surface area (Å²) in [5.41, 5.74) is 1.04. The molecule has 1 aromatic heterocycles. The van der Waals surface area contributed by atoms with Crippen LogP contribution in [0.15, 0.2) is 24.3 Å². The molecule has 2 aromatic rings. The maximum absolute atomic E-state index is 13.3. The first kappa shape index (κ1) is 21.4. The second kappa shape index (κ2) is 8.00. The molecule has 8 heteroatoms. The quantitative estimate of drug-likeness (QED) is 0.813. The number of aromatic nitrogens is 2. The van der Waals surface area contributed by atoms with E-state index >= 15 is 0 Å². The smallest absolute Gasteiger partial charge is 0.254 e. The van der Waals surface area contributed by atoms with Crippen LogP contribution in [0.4, 0.5) is 10.2 Å². The van der Waals surface area contributed by atoms with Gasteiger partial charge >= 0.3 is 0 Å². The number of carbonyl (C=O) groups is 2. The van der Waals surface area contributed by atoms with Crippen molar-refractivity contribution >= 4 is 17.6 Å². The minimum atomic E-state index is -1.48. The van der Waals surface area contributed by atoms with Crippen LogP contribution in [0, 0.1) is 12.7 Å². The van der Waals surface area contributed by atoms with Gasteiger partial charge in [-0.05, 0) is 57.7 Å². The number of benzene rings is 1. The molecular formula is C23H27FN4O3. The Morgan fingerprint density at radius 2 is 1.94 bits per heavy atom. The van der Waals surface area contributed by atoms with E-state index in [1.165, 1.54) is 26.0 Å². The Balaban J connectivity index is 1.71. The highest BCUT2D eigenvalue weighted by molar-refractivity contribution is 5.95. The van der Waals surface area contributed by atoms with Gasteiger partial charge in [-0.1, -0.05) is 12.1 Å². The lowest BCUT2D eigenvalue weighted by atomic mass is 10.0. The van der Waals surface area contributed by atoms with Gasteiger partial charge in [0.2, 0.25) is 5.91 Å². The first-order valence-electron chi connectivity index (χ1n) is 10.6. The summed E-state index contributed by atoms with van der Waals surface area (Å²) in [5.74, 6) is 0.327. The Morgan fingerprint density at radius 1 is 1.23 bits per heavy atom. The molecule has 7 nitrogen and oxygen atoms in total. The number of anilines is 1. The van der Waals surface area contributed by atoms with Gasteiger partial charge in [0, 0.05) is 24.2 Å². The van der Waals surface area contributed by atoms with Crippen LogP contribution in [0.5, 0.6) is 0 Å². The third kappa shape index (κ3) is 4.17. The first-order valence-corrected chi connectivity index (χ1v) is 10.6. The lowest BCUT2D eigenvalue weighted by molar-refractivity contribution is -0.149. The predicted octanol–water partition coefficient (Wildman–Crippen LogP) is 2.84. The molecule has 0 radical (unpaired) electrons. The van der Waals surface area contributed by atoms with Gasteiger partial charge < -0.3 is 10.0 Å². The monoisotopic (exact) mass is 426 g/mol. The largest absolute Gasteiger partial charge is 0.381 e. The minimum Gasteiger partial charge on any atom is -0.381 e. The van der Waals surface area contributed by atoms with Crippen molar-refractivity contribution in [2.24, 2.45) is 0 Å². The summed E-state index contributed by atoms with van der Waals surface area (Å²) < 4.78 is 13.3. The molecule has 2 amide bonds. The Labute approximate surface area is 180 Å². The molecule has 1 aromatic carbocycles. The molecule has 31 heavy (non-hydrogen) atoms. The van der Waals surface area contributed by atoms with E-state index in [4.69, 9.17) is 4.98 Å². The molecule has 164 valence electrons. The fourth-order valence-corrected chi connectivity index (χ4v) is 4.32. The van der Waals surface area contributed by atoms with Crippen LogP contribution in [0.25, 0.3) is 0 Å². The van der Waals surface area contributed by atoms with Crippen LogP contribution in [-0.2, 0) is 22.6 Å². The van der Waals surface area contributed by atoms with Crippen LogP contribution in [0.2, 0.25) is 0 Å². The molecule has 1 saturated heterocycles. The van der Waals surface area contributed by atoms with Crippen LogP contribution in [0.3, 0.4) is 0 Å². The lowest BCUT2D eigenvalue weighted by Crippen LogP contribution is -2.45. The van der Waals surface area contributed by atoms with Gasteiger partial charge in [-0.2, -0.15) is 0 Å². The van der Waals surface area contributed by atoms with Crippen LogP contribution >= 0.6 is 0 Å². The van der Waals surface area contributed by atoms with Crippen molar-refractivity contribution in [2.75, 3.05) is 11.4 Å². The van der Waals surface area contributed by atoms with Crippen molar-refractivity contribution in [3.63, 3.8) is 0 Å². The van der Waals surface area contributed by atoms with E-state index in [9.17, 15) is 19.1 Å². The zero-order valence-electron chi connectivity index (χ0n) is 18.1. The average molecular weight is 426 g/mol. The highest BCUT2D eigenvalue weighted by atomic mass is 19.1. The summed E-state index contributed by atoms with van der Waals surface area (Å²) in [4.78, 5) is 38.2. The highest BCUT2D eigenvalue weighted by Crippen LogP contribution is 2.36. The van der Waals surface area contributed by atoms with Crippen molar-refractivity contribution in [3.05, 3.63) is 52.7 Å². The number of nitrogens with zero attached hydrogens (tertiary/aromatic N) is 4. The number of hydrogen-bond acceptors (Lipinski definition) is 5. The number of aryl methyl sites for hydroxylation is 1. The Hall–Kier alpha value is -2.87. The molecule has 0 bridgehead atoms. The Bertz CT molecular complexity index is 1020. The molecule has 0 aliphatic carbocycles. The summed E-state index contributed by atoms with van der Waals surface area (Å²) in [6, 6.07) is 5.73. The Kier molecular flexibility index (Phi) is 5.51. The number of halogens is 1. The number of amides is 2. The average Bonchev–Trinajstić information content (AvgIpc) is 3.20. The molecule has 0 saturated carbocycles. The summed E-state index contributed by atoms with van der Waals surface area (Å²) in [7, 11) is 0. The molecule has 2 aliphatic heterocycles. The van der Waals surface area contributed by atoms with Crippen molar-refractivity contribution in [2.45, 2.75) is 64.6 Å². The number of likely N-dealkylation sites (tertiary alicyclic amines) is 1. The van der Waals surface area contributed by atoms with Gasteiger partial charge in [0.1, 0.15) is 17.2 Å². The highest BCUT2D eigenvalue weighted by Gasteiger charge is 2.39. The fraction of sp³-hybridized carbons (Fsp3) is 0.478. The van der Waals surface area contributed by atoms with E-state index in [1.54, 1.807) is 21.9 Å². The summed E-state index contributed by atoms with van der Waals surface area (Å²) in [5, 5.41) is 10.2. The fourth-order valence-electron chi connectivity index (χ4n) is 4.32. The van der Waals surface area contributed by atoms with E-state index in [1.807, 2.05) is 6.92 Å². The zero-order chi connectivity index (χ0) is 22.3.